The number of piperazine rings is 1. The third kappa shape index (κ3) is 9.22. The molecule has 366 valence electrons. The van der Waals surface area contributed by atoms with E-state index in [1.165, 1.54) is 35.4 Å². The number of hydrogen-bond acceptors (Lipinski definition) is 13. The highest BCUT2D eigenvalue weighted by Crippen LogP contribution is 2.48. The van der Waals surface area contributed by atoms with Gasteiger partial charge in [-0.2, -0.15) is 0 Å². The largest absolute Gasteiger partial charge is 0.495 e. The summed E-state index contributed by atoms with van der Waals surface area (Å²) in [5.74, 6) is 0.265. The van der Waals surface area contributed by atoms with Crippen LogP contribution >= 0.6 is 0 Å². The zero-order chi connectivity index (χ0) is 49.0. The first-order valence-corrected chi connectivity index (χ1v) is 24.2. The van der Waals surface area contributed by atoms with E-state index in [0.29, 0.717) is 70.7 Å². The van der Waals surface area contributed by atoms with E-state index < -0.39 is 35.0 Å². The molecular formula is C52H53FN10O8. The first-order chi connectivity index (χ1) is 34.4. The van der Waals surface area contributed by atoms with Crippen molar-refractivity contribution >= 4 is 69.2 Å². The fourth-order valence-corrected chi connectivity index (χ4v) is 10.9. The van der Waals surface area contributed by atoms with Crippen LogP contribution in [-0.4, -0.2) is 125 Å². The summed E-state index contributed by atoms with van der Waals surface area (Å²) in [7, 11) is 1.67. The fourth-order valence-electron chi connectivity index (χ4n) is 10.9. The minimum absolute atomic E-state index is 0.167. The van der Waals surface area contributed by atoms with E-state index in [-0.39, 0.29) is 43.7 Å². The number of hydrogen-bond donors (Lipinski definition) is 4. The summed E-state index contributed by atoms with van der Waals surface area (Å²) in [5, 5.41) is 11.6. The molecule has 4 N–H and O–H groups in total. The van der Waals surface area contributed by atoms with Crippen molar-refractivity contribution in [2.45, 2.75) is 69.6 Å². The second kappa shape index (κ2) is 18.7. The van der Waals surface area contributed by atoms with Gasteiger partial charge in [-0.15, -0.1) is 0 Å². The van der Waals surface area contributed by atoms with Gasteiger partial charge in [0.25, 0.3) is 5.91 Å². The van der Waals surface area contributed by atoms with Crippen molar-refractivity contribution in [3.63, 3.8) is 0 Å². The van der Waals surface area contributed by atoms with Gasteiger partial charge >= 0.3 is 0 Å². The molecule has 7 aliphatic rings. The number of imide groups is 1. The number of fused-ring (bicyclic) bond motifs is 4. The van der Waals surface area contributed by atoms with E-state index in [4.69, 9.17) is 14.5 Å². The van der Waals surface area contributed by atoms with Crippen LogP contribution < -0.4 is 35.6 Å². The number of nitrogens with zero attached hydrogens (tertiary/aromatic N) is 6. The van der Waals surface area contributed by atoms with Gasteiger partial charge in [0.05, 0.1) is 30.4 Å². The minimum Gasteiger partial charge on any atom is -0.495 e. The summed E-state index contributed by atoms with van der Waals surface area (Å²) >= 11 is 0. The molecule has 2 aromatic heterocycles. The molecular weight excluding hydrogens is 912 g/mol. The van der Waals surface area contributed by atoms with Crippen LogP contribution in [0.4, 0.5) is 27.3 Å². The Labute approximate surface area is 408 Å². The van der Waals surface area contributed by atoms with E-state index in [9.17, 15) is 33.2 Å². The Hall–Kier alpha value is -7.51. The Morgan fingerprint density at radius 2 is 1.55 bits per heavy atom. The molecule has 0 radical (unpaired) electrons. The number of rotatable bonds is 14. The molecule has 3 aromatic carbocycles. The number of benzene rings is 3. The number of carbonyl (C=O) groups is 6. The van der Waals surface area contributed by atoms with Crippen molar-refractivity contribution in [3.05, 3.63) is 102 Å². The first kappa shape index (κ1) is 45.9. The Morgan fingerprint density at radius 1 is 0.845 bits per heavy atom. The van der Waals surface area contributed by atoms with Gasteiger partial charge in [0, 0.05) is 86.9 Å². The lowest BCUT2D eigenvalue weighted by atomic mass is 9.84. The van der Waals surface area contributed by atoms with Crippen LogP contribution in [0.25, 0.3) is 10.9 Å². The van der Waals surface area contributed by atoms with E-state index in [0.717, 1.165) is 74.3 Å². The van der Waals surface area contributed by atoms with Crippen LogP contribution in [0.15, 0.2) is 85.2 Å². The number of amides is 6. The van der Waals surface area contributed by atoms with Gasteiger partial charge in [0.1, 0.15) is 40.3 Å². The normalized spacial score (nSPS) is 21.8. The van der Waals surface area contributed by atoms with Crippen LogP contribution in [0.3, 0.4) is 0 Å². The van der Waals surface area contributed by atoms with Crippen LogP contribution in [0, 0.1) is 17.2 Å². The summed E-state index contributed by atoms with van der Waals surface area (Å²) in [6.07, 6.45) is 7.65. The third-order valence-electron chi connectivity index (χ3n) is 15.0. The molecule has 12 rings (SSSR count). The topological polar surface area (TPSA) is 208 Å². The molecule has 5 aromatic rings. The monoisotopic (exact) mass is 964 g/mol. The number of nitrogens with one attached hydrogen (secondary N) is 4. The van der Waals surface area contributed by atoms with Crippen molar-refractivity contribution in [1.29, 1.82) is 0 Å². The zero-order valence-corrected chi connectivity index (χ0v) is 39.1. The number of aromatic nitrogens is 2. The predicted octanol–water partition coefficient (Wildman–Crippen LogP) is 5.30. The molecule has 6 fully saturated rings. The molecule has 3 atom stereocenters. The van der Waals surface area contributed by atoms with E-state index in [1.54, 1.807) is 49.7 Å². The standard InChI is InChI=1S/C52H53FN10O8/c1-70-44-22-38-40(54-17-12-43(38)71-37-8-6-34(7-9-37)57-51(69)52(15-16-52)50(68)56-33-4-2-32(53)3-5-33)23-42(44)61-18-13-30(14-19-61)25-62-35-21-36(62)28-60(27-35)29-47(65)58-45-20-31-26-63(49(67)39(31)24-55-45)41-10-11-46(64)59-48(41)66/h2-9,12,17,20,22-24,30,35-36,41H,10-11,13-16,18-19,21,25-29H2,1H3,(H,56,68)(H,57,69)(H,55,58,65)(H,59,64,66). The zero-order valence-electron chi connectivity index (χ0n) is 39.1. The van der Waals surface area contributed by atoms with Crippen LogP contribution in [0.2, 0.25) is 0 Å². The van der Waals surface area contributed by atoms with E-state index in [1.807, 2.05) is 6.07 Å². The molecule has 2 bridgehead atoms. The summed E-state index contributed by atoms with van der Waals surface area (Å²) in [6, 6.07) is 20.0. The average molecular weight is 965 g/mol. The lowest BCUT2D eigenvalue weighted by molar-refractivity contribution is -0.137. The highest BCUT2D eigenvalue weighted by molar-refractivity contribution is 6.17. The summed E-state index contributed by atoms with van der Waals surface area (Å²) in [4.78, 5) is 94.3. The molecule has 1 aliphatic carbocycles. The van der Waals surface area contributed by atoms with Gasteiger partial charge in [-0.25, -0.2) is 9.37 Å². The lowest BCUT2D eigenvalue weighted by Crippen LogP contribution is -2.69. The Morgan fingerprint density at radius 3 is 2.23 bits per heavy atom. The molecule has 3 unspecified atom stereocenters. The molecule has 0 spiro atoms. The van der Waals surface area contributed by atoms with Crippen molar-refractivity contribution in [3.8, 4) is 17.2 Å². The first-order valence-electron chi connectivity index (χ1n) is 24.2. The molecule has 71 heavy (non-hydrogen) atoms. The number of halogens is 1. The summed E-state index contributed by atoms with van der Waals surface area (Å²) in [6.45, 7) is 4.87. The third-order valence-corrected chi connectivity index (χ3v) is 15.0. The lowest BCUT2D eigenvalue weighted by Gasteiger charge is -2.57. The Kier molecular flexibility index (Phi) is 12.1. The fraction of sp³-hybridized carbons (Fsp3) is 0.385. The van der Waals surface area contributed by atoms with Crippen molar-refractivity contribution in [2.24, 2.45) is 11.3 Å². The Bertz CT molecular complexity index is 2950. The van der Waals surface area contributed by atoms with E-state index >= 15 is 0 Å². The number of pyridine rings is 2. The van der Waals surface area contributed by atoms with Gasteiger partial charge in [-0.3, -0.25) is 48.9 Å². The number of ether oxygens (including phenoxy) is 2. The van der Waals surface area contributed by atoms with Crippen LogP contribution in [-0.2, 0) is 30.5 Å². The minimum atomic E-state index is -1.18. The smallest absolute Gasteiger partial charge is 0.256 e. The molecule has 19 heteroatoms. The maximum Gasteiger partial charge on any atom is 0.256 e. The number of methoxy groups -OCH3 is 1. The number of carbonyl (C=O) groups excluding carboxylic acids is 6. The number of anilines is 4. The molecule has 8 heterocycles. The maximum atomic E-state index is 13.3. The van der Waals surface area contributed by atoms with Crippen molar-refractivity contribution in [2.75, 3.05) is 67.2 Å². The molecule has 6 aliphatic heterocycles. The molecule has 1 saturated carbocycles. The Balaban J connectivity index is 0.646. The summed E-state index contributed by atoms with van der Waals surface area (Å²) in [5.41, 5.74) is 2.60. The van der Waals surface area contributed by atoms with Gasteiger partial charge in [-0.1, -0.05) is 0 Å². The highest BCUT2D eigenvalue weighted by Gasteiger charge is 2.56. The van der Waals surface area contributed by atoms with Crippen molar-refractivity contribution in [1.82, 2.24) is 30.0 Å². The van der Waals surface area contributed by atoms with E-state index in [2.05, 4.69) is 47.0 Å². The van der Waals surface area contributed by atoms with Gasteiger partial charge in [0.2, 0.25) is 29.5 Å². The molecule has 5 saturated heterocycles. The van der Waals surface area contributed by atoms with Gasteiger partial charge in [0.15, 0.2) is 0 Å². The summed E-state index contributed by atoms with van der Waals surface area (Å²) < 4.78 is 25.6. The molecule has 18 nitrogen and oxygen atoms in total. The van der Waals surface area contributed by atoms with Gasteiger partial charge < -0.3 is 35.2 Å². The second-order valence-corrected chi connectivity index (χ2v) is 19.5. The van der Waals surface area contributed by atoms with Crippen LogP contribution in [0.1, 0.15) is 60.9 Å². The number of piperidine rings is 3. The average Bonchev–Trinajstić information content (AvgIpc) is 4.13. The molecule has 6 amide bonds. The van der Waals surface area contributed by atoms with Crippen LogP contribution in [0.5, 0.6) is 17.2 Å². The quantitative estimate of drug-likeness (QED) is 0.0825. The highest BCUT2D eigenvalue weighted by atomic mass is 19.1. The predicted molar refractivity (Wildman–Crippen MR) is 259 cm³/mol. The second-order valence-electron chi connectivity index (χ2n) is 19.5. The van der Waals surface area contributed by atoms with Crippen molar-refractivity contribution < 1.29 is 42.6 Å². The maximum absolute atomic E-state index is 13.3. The van der Waals surface area contributed by atoms with Gasteiger partial charge in [-0.05, 0) is 123 Å². The SMILES string of the molecule is COc1cc2c(Oc3ccc(NC(=O)C4(C(=O)Nc5ccc(F)cc5)CC4)cc3)ccnc2cc1N1CCC(CN2C3CC2CN(CC(=O)Nc2cc4c(cn2)C(=O)N(C2CCC(=O)NC2=O)C4)C3)CC1.